The second kappa shape index (κ2) is 5.50. The van der Waals surface area contributed by atoms with Crippen molar-refractivity contribution in [2.24, 2.45) is 0 Å². The van der Waals surface area contributed by atoms with E-state index >= 15 is 0 Å². The van der Waals surface area contributed by atoms with Gasteiger partial charge in [0.2, 0.25) is 0 Å². The Labute approximate surface area is 122 Å². The molecular formula is C12H10BrN3O2S. The second-order valence-electron chi connectivity index (χ2n) is 3.79. The number of aromatic nitrogens is 1. The molecule has 3 N–H and O–H groups in total. The van der Waals surface area contributed by atoms with Crippen LogP contribution in [0, 0.1) is 0 Å². The molecule has 0 aliphatic carbocycles. The molecule has 0 bridgehead atoms. The lowest BCUT2D eigenvalue weighted by molar-refractivity contribution is 0.100. The van der Waals surface area contributed by atoms with E-state index < -0.39 is 0 Å². The number of carbonyl (C=O) groups is 2. The second-order valence-corrected chi connectivity index (χ2v) is 5.50. The van der Waals surface area contributed by atoms with E-state index in [0.717, 1.165) is 0 Å². The van der Waals surface area contributed by atoms with Gasteiger partial charge in [-0.25, -0.2) is 4.98 Å². The zero-order valence-corrected chi connectivity index (χ0v) is 12.3. The van der Waals surface area contributed by atoms with Gasteiger partial charge in [-0.05, 0) is 34.1 Å². The summed E-state index contributed by atoms with van der Waals surface area (Å²) in [4.78, 5) is 27.2. The average Bonchev–Trinajstić information content (AvgIpc) is 2.80. The predicted octanol–water partition coefficient (Wildman–Crippen LogP) is 2.94. The number of thiazole rings is 1. The number of anilines is 2. The number of rotatable bonds is 3. The van der Waals surface area contributed by atoms with Gasteiger partial charge in [0.1, 0.15) is 5.69 Å². The molecule has 0 fully saturated rings. The number of halogens is 1. The largest absolute Gasteiger partial charge is 0.399 e. The summed E-state index contributed by atoms with van der Waals surface area (Å²) in [7, 11) is 0. The zero-order chi connectivity index (χ0) is 14.0. The van der Waals surface area contributed by atoms with Gasteiger partial charge >= 0.3 is 0 Å². The summed E-state index contributed by atoms with van der Waals surface area (Å²) in [5.41, 5.74) is 6.90. The Hall–Kier alpha value is -1.73. The molecule has 0 unspecified atom stereocenters. The highest BCUT2D eigenvalue weighted by molar-refractivity contribution is 9.10. The summed E-state index contributed by atoms with van der Waals surface area (Å²) in [6, 6.07) is 4.96. The van der Waals surface area contributed by atoms with Gasteiger partial charge in [0.25, 0.3) is 5.91 Å². The molecule has 2 rings (SSSR count). The van der Waals surface area contributed by atoms with Crippen molar-refractivity contribution >= 4 is 49.8 Å². The first-order valence-corrected chi connectivity index (χ1v) is 6.97. The Morgan fingerprint density at radius 3 is 2.79 bits per heavy atom. The minimum absolute atomic E-state index is 0.137. The predicted molar refractivity (Wildman–Crippen MR) is 78.6 cm³/mol. The minimum atomic E-state index is -0.330. The molecule has 0 saturated heterocycles. The van der Waals surface area contributed by atoms with E-state index in [1.54, 1.807) is 23.6 Å². The van der Waals surface area contributed by atoms with Crippen LogP contribution in [-0.2, 0) is 0 Å². The van der Waals surface area contributed by atoms with E-state index in [1.807, 2.05) is 0 Å². The van der Waals surface area contributed by atoms with Crippen molar-refractivity contribution in [1.82, 2.24) is 4.98 Å². The molecule has 98 valence electrons. The molecule has 2 aromatic rings. The number of hydrogen-bond acceptors (Lipinski definition) is 5. The molecule has 0 atom stereocenters. The lowest BCUT2D eigenvalue weighted by atomic mass is 10.2. The van der Waals surface area contributed by atoms with Gasteiger partial charge in [-0.3, -0.25) is 14.9 Å². The van der Waals surface area contributed by atoms with Crippen LogP contribution in [0.3, 0.4) is 0 Å². The number of nitrogens with one attached hydrogen (secondary N) is 1. The Balaban J connectivity index is 2.20. The van der Waals surface area contributed by atoms with Gasteiger partial charge in [-0.2, -0.15) is 0 Å². The van der Waals surface area contributed by atoms with Crippen LogP contribution in [0.1, 0.15) is 27.8 Å². The number of Topliss-reactive ketones (excluding diaryl/α,β-unsaturated/α-hetero) is 1. The number of nitrogen functional groups attached to an aromatic ring is 1. The molecule has 0 aliphatic rings. The highest BCUT2D eigenvalue weighted by Gasteiger charge is 2.13. The van der Waals surface area contributed by atoms with Crippen molar-refractivity contribution in [3.63, 3.8) is 0 Å². The number of benzene rings is 1. The van der Waals surface area contributed by atoms with Gasteiger partial charge in [-0.15, -0.1) is 11.3 Å². The minimum Gasteiger partial charge on any atom is -0.399 e. The average molecular weight is 340 g/mol. The Bertz CT molecular complexity index is 654. The third-order valence-electron chi connectivity index (χ3n) is 2.32. The van der Waals surface area contributed by atoms with Crippen LogP contribution in [0.25, 0.3) is 0 Å². The maximum Gasteiger partial charge on any atom is 0.258 e. The van der Waals surface area contributed by atoms with Crippen LogP contribution in [0.5, 0.6) is 0 Å². The van der Waals surface area contributed by atoms with Crippen LogP contribution in [0.2, 0.25) is 0 Å². The molecule has 1 amide bonds. The lowest BCUT2D eigenvalue weighted by Gasteiger charge is -2.05. The molecule has 0 saturated carbocycles. The topological polar surface area (TPSA) is 85.1 Å². The molecule has 1 heterocycles. The number of nitrogens with two attached hydrogens (primary N) is 1. The lowest BCUT2D eigenvalue weighted by Crippen LogP contribution is -2.13. The Kier molecular flexibility index (Phi) is 3.96. The fourth-order valence-electron chi connectivity index (χ4n) is 1.37. The molecular weight excluding hydrogens is 330 g/mol. The maximum absolute atomic E-state index is 12.1. The normalized spacial score (nSPS) is 10.2. The zero-order valence-electron chi connectivity index (χ0n) is 9.94. The first-order chi connectivity index (χ1) is 8.97. The SMILES string of the molecule is CC(=O)c1csc(NC(=O)c2cc(N)ccc2Br)n1. The van der Waals surface area contributed by atoms with E-state index in [2.05, 4.69) is 26.2 Å². The Morgan fingerprint density at radius 2 is 2.16 bits per heavy atom. The molecule has 1 aromatic heterocycles. The third-order valence-corrected chi connectivity index (χ3v) is 3.77. The first kappa shape index (κ1) is 13.7. The smallest absolute Gasteiger partial charge is 0.258 e. The summed E-state index contributed by atoms with van der Waals surface area (Å²) in [5, 5.41) is 4.61. The maximum atomic E-state index is 12.1. The molecule has 5 nitrogen and oxygen atoms in total. The summed E-state index contributed by atoms with van der Waals surface area (Å²) >= 11 is 4.49. The highest BCUT2D eigenvalue weighted by atomic mass is 79.9. The van der Waals surface area contributed by atoms with Crippen molar-refractivity contribution in [3.05, 3.63) is 39.3 Å². The molecule has 7 heteroatoms. The first-order valence-electron chi connectivity index (χ1n) is 5.30. The number of amides is 1. The molecule has 0 spiro atoms. The van der Waals surface area contributed by atoms with Crippen molar-refractivity contribution in [3.8, 4) is 0 Å². The summed E-state index contributed by atoms with van der Waals surface area (Å²) in [6.45, 7) is 1.43. The van der Waals surface area contributed by atoms with Crippen LogP contribution in [0.4, 0.5) is 10.8 Å². The summed E-state index contributed by atoms with van der Waals surface area (Å²) in [6.07, 6.45) is 0. The molecule has 0 radical (unpaired) electrons. The van der Waals surface area contributed by atoms with Crippen LogP contribution in [-0.4, -0.2) is 16.7 Å². The van der Waals surface area contributed by atoms with Crippen molar-refractivity contribution < 1.29 is 9.59 Å². The fraction of sp³-hybridized carbons (Fsp3) is 0.0833. The van der Waals surface area contributed by atoms with Crippen molar-refractivity contribution in [2.75, 3.05) is 11.1 Å². The number of ketones is 1. The van der Waals surface area contributed by atoms with Gasteiger partial charge in [0, 0.05) is 22.5 Å². The van der Waals surface area contributed by atoms with E-state index in [1.165, 1.54) is 18.3 Å². The Morgan fingerprint density at radius 1 is 1.42 bits per heavy atom. The monoisotopic (exact) mass is 339 g/mol. The quantitative estimate of drug-likeness (QED) is 0.665. The van der Waals surface area contributed by atoms with Crippen molar-refractivity contribution in [1.29, 1.82) is 0 Å². The molecule has 0 aliphatic heterocycles. The van der Waals surface area contributed by atoms with Crippen molar-refractivity contribution in [2.45, 2.75) is 6.92 Å². The number of carbonyl (C=O) groups excluding carboxylic acids is 2. The third kappa shape index (κ3) is 3.18. The van der Waals surface area contributed by atoms with E-state index in [-0.39, 0.29) is 11.7 Å². The highest BCUT2D eigenvalue weighted by Crippen LogP contribution is 2.22. The van der Waals surface area contributed by atoms with Gasteiger partial charge < -0.3 is 5.73 Å². The number of hydrogen-bond donors (Lipinski definition) is 2. The van der Waals surface area contributed by atoms with Crippen LogP contribution < -0.4 is 11.1 Å². The van der Waals surface area contributed by atoms with Crippen LogP contribution >= 0.6 is 27.3 Å². The van der Waals surface area contributed by atoms with E-state index in [0.29, 0.717) is 26.5 Å². The summed E-state index contributed by atoms with van der Waals surface area (Å²) < 4.78 is 0.641. The van der Waals surface area contributed by atoms with E-state index in [4.69, 9.17) is 5.73 Å². The molecule has 19 heavy (non-hydrogen) atoms. The summed E-state index contributed by atoms with van der Waals surface area (Å²) in [5.74, 6) is -0.467. The van der Waals surface area contributed by atoms with E-state index in [9.17, 15) is 9.59 Å². The van der Waals surface area contributed by atoms with Gasteiger partial charge in [0.05, 0.1) is 5.56 Å². The van der Waals surface area contributed by atoms with Gasteiger partial charge in [0.15, 0.2) is 10.9 Å². The number of nitrogens with zero attached hydrogens (tertiary/aromatic N) is 1. The van der Waals surface area contributed by atoms with Crippen LogP contribution in [0.15, 0.2) is 28.1 Å². The van der Waals surface area contributed by atoms with Gasteiger partial charge in [-0.1, -0.05) is 0 Å². The standard InChI is InChI=1S/C12H10BrN3O2S/c1-6(17)10-5-19-12(15-10)16-11(18)8-4-7(14)2-3-9(8)13/h2-5H,14H2,1H3,(H,15,16,18). The molecule has 1 aromatic carbocycles. The fourth-order valence-corrected chi connectivity index (χ4v) is 2.55.